The molecule has 2 aromatic heterocycles. The summed E-state index contributed by atoms with van der Waals surface area (Å²) in [6.07, 6.45) is 1.52. The van der Waals surface area contributed by atoms with E-state index in [4.69, 9.17) is 9.47 Å². The monoisotopic (exact) mass is 555 g/mol. The zero-order valence-corrected chi connectivity index (χ0v) is 21.6. The molecule has 0 saturated heterocycles. The number of nitrogens with one attached hydrogen (secondary N) is 2. The molecule has 206 valence electrons. The molecule has 0 bridgehead atoms. The summed E-state index contributed by atoms with van der Waals surface area (Å²) in [5.74, 6) is 1.08. The van der Waals surface area contributed by atoms with E-state index in [2.05, 4.69) is 25.5 Å². The fourth-order valence-corrected chi connectivity index (χ4v) is 4.40. The van der Waals surface area contributed by atoms with Crippen molar-refractivity contribution in [2.75, 3.05) is 5.32 Å². The van der Waals surface area contributed by atoms with Crippen molar-refractivity contribution in [3.05, 3.63) is 115 Å². The second kappa shape index (κ2) is 11.2. The van der Waals surface area contributed by atoms with Gasteiger partial charge >= 0.3 is 6.18 Å². The number of hydrogen-bond donors (Lipinski definition) is 2. The van der Waals surface area contributed by atoms with Crippen LogP contribution in [0.25, 0.3) is 22.3 Å². The topological polar surface area (TPSA) is 85.0 Å². The Hall–Kier alpha value is -5.12. The zero-order chi connectivity index (χ0) is 28.2. The maximum absolute atomic E-state index is 13.1. The van der Waals surface area contributed by atoms with Crippen LogP contribution in [0, 0.1) is 5.92 Å². The summed E-state index contributed by atoms with van der Waals surface area (Å²) in [5.41, 5.74) is 2.86. The van der Waals surface area contributed by atoms with Crippen molar-refractivity contribution < 1.29 is 22.6 Å². The van der Waals surface area contributed by atoms with Gasteiger partial charge in [-0.1, -0.05) is 36.4 Å². The number of nitrogens with zero attached hydrogens (tertiary/aromatic N) is 3. The Kier molecular flexibility index (Phi) is 7.11. The number of aromatic amines is 1. The predicted molar refractivity (Wildman–Crippen MR) is 149 cm³/mol. The second-order valence-electron chi connectivity index (χ2n) is 9.43. The summed E-state index contributed by atoms with van der Waals surface area (Å²) in [4.78, 5) is 8.83. The number of fused-ring (bicyclic) bond motifs is 1. The molecule has 5 aromatic rings. The van der Waals surface area contributed by atoms with Gasteiger partial charge in [-0.2, -0.15) is 18.2 Å². The van der Waals surface area contributed by atoms with Crippen LogP contribution in [0.3, 0.4) is 0 Å². The molecule has 1 aliphatic carbocycles. The van der Waals surface area contributed by atoms with Crippen LogP contribution in [-0.2, 0) is 6.61 Å². The van der Waals surface area contributed by atoms with Gasteiger partial charge in [-0.05, 0) is 66.6 Å². The van der Waals surface area contributed by atoms with Gasteiger partial charge in [0.2, 0.25) is 5.95 Å². The molecule has 1 aliphatic rings. The summed E-state index contributed by atoms with van der Waals surface area (Å²) in [6, 6.07) is 24.7. The Morgan fingerprint density at radius 2 is 1.76 bits per heavy atom. The van der Waals surface area contributed by atoms with Crippen LogP contribution >= 0.6 is 0 Å². The van der Waals surface area contributed by atoms with Crippen molar-refractivity contribution in [3.63, 3.8) is 0 Å². The molecule has 3 aromatic carbocycles. The third-order valence-electron chi connectivity index (χ3n) is 6.51. The fourth-order valence-electron chi connectivity index (χ4n) is 4.40. The summed E-state index contributed by atoms with van der Waals surface area (Å²) in [5, 5.41) is 10.6. The normalized spacial score (nSPS) is 15.0. The van der Waals surface area contributed by atoms with E-state index in [1.54, 1.807) is 30.5 Å². The number of allylic oxidation sites excluding steroid dienone is 3. The average Bonchev–Trinajstić information content (AvgIpc) is 3.45. The summed E-state index contributed by atoms with van der Waals surface area (Å²) in [7, 11) is 0. The maximum atomic E-state index is 13.1. The summed E-state index contributed by atoms with van der Waals surface area (Å²) >= 11 is 0. The highest BCUT2D eigenvalue weighted by Crippen LogP contribution is 2.34. The van der Waals surface area contributed by atoms with E-state index in [1.165, 1.54) is 6.08 Å². The zero-order valence-electron chi connectivity index (χ0n) is 21.6. The Morgan fingerprint density at radius 1 is 0.951 bits per heavy atom. The lowest BCUT2D eigenvalue weighted by atomic mass is 9.99. The molecule has 0 aliphatic heterocycles. The number of hydrogen-bond acceptors (Lipinski definition) is 6. The first kappa shape index (κ1) is 26.1. The Morgan fingerprint density at radius 3 is 2.56 bits per heavy atom. The summed E-state index contributed by atoms with van der Waals surface area (Å²) in [6.45, 7) is 0.463. The minimum absolute atomic E-state index is 0.0815. The van der Waals surface area contributed by atoms with Crippen LogP contribution in [0.4, 0.5) is 19.1 Å². The average molecular weight is 556 g/mol. The van der Waals surface area contributed by atoms with Crippen LogP contribution in [0.5, 0.6) is 17.2 Å². The van der Waals surface area contributed by atoms with Crippen molar-refractivity contribution in [2.45, 2.75) is 19.2 Å². The molecule has 1 atom stereocenters. The molecule has 0 fully saturated rings. The second-order valence-corrected chi connectivity index (χ2v) is 9.43. The van der Waals surface area contributed by atoms with Crippen LogP contribution in [0.1, 0.15) is 12.0 Å². The molecule has 6 rings (SSSR count). The molecule has 7 nitrogen and oxygen atoms in total. The molecule has 0 radical (unpaired) electrons. The number of rotatable bonds is 8. The first-order chi connectivity index (χ1) is 19.9. The number of ether oxygens (including phenoxy) is 2. The van der Waals surface area contributed by atoms with Gasteiger partial charge in [-0.25, -0.2) is 0 Å². The molecular weight excluding hydrogens is 531 g/mol. The van der Waals surface area contributed by atoms with Crippen LogP contribution in [0.15, 0.2) is 109 Å². The molecule has 2 heterocycles. The van der Waals surface area contributed by atoms with Gasteiger partial charge in [0.05, 0.1) is 11.4 Å². The van der Waals surface area contributed by atoms with Crippen molar-refractivity contribution in [2.24, 2.45) is 5.92 Å². The minimum Gasteiger partial charge on any atom is -0.489 e. The molecule has 41 heavy (non-hydrogen) atoms. The fraction of sp³-hybridized carbons (Fsp3) is 0.129. The van der Waals surface area contributed by atoms with Gasteiger partial charge in [-0.3, -0.25) is 10.1 Å². The molecular formula is C31H24F3N5O2. The van der Waals surface area contributed by atoms with Crippen molar-refractivity contribution >= 4 is 16.9 Å². The lowest BCUT2D eigenvalue weighted by Crippen LogP contribution is -2.23. The van der Waals surface area contributed by atoms with E-state index in [1.807, 2.05) is 60.7 Å². The quantitative estimate of drug-likeness (QED) is 0.203. The Balaban J connectivity index is 1.12. The third kappa shape index (κ3) is 6.22. The standard InChI is InChI=1S/C31H24F3N5O2/c32-31(33,34)22-7-4-8-23(17-22)36-30-37-29(38-39-30)21-9-11-24(12-10-21)41-28-15-16-35-27-18-25(13-14-26(27)28)40-19-20-5-2-1-3-6-20/h1-6,8-18,22H,7,19H2,(H2,36,37,38,39). The number of anilines is 1. The van der Waals surface area contributed by atoms with Crippen LogP contribution < -0.4 is 14.8 Å². The third-order valence-corrected chi connectivity index (χ3v) is 6.51. The number of pyridine rings is 1. The first-order valence-corrected chi connectivity index (χ1v) is 12.9. The van der Waals surface area contributed by atoms with Crippen molar-refractivity contribution in [1.29, 1.82) is 0 Å². The van der Waals surface area contributed by atoms with Gasteiger partial charge in [0.25, 0.3) is 0 Å². The molecule has 1 unspecified atom stereocenters. The lowest BCUT2D eigenvalue weighted by molar-refractivity contribution is -0.160. The number of H-pyrrole nitrogens is 1. The SMILES string of the molecule is FC(F)(F)C1C=C(Nc2n[nH]c(-c3ccc(Oc4ccnc5cc(OCc6ccccc6)ccc45)cc3)n2)C=CC1. The summed E-state index contributed by atoms with van der Waals surface area (Å²) < 4.78 is 51.3. The van der Waals surface area contributed by atoms with Crippen LogP contribution in [0.2, 0.25) is 0 Å². The van der Waals surface area contributed by atoms with Gasteiger partial charge in [0.15, 0.2) is 5.82 Å². The molecule has 0 saturated carbocycles. The van der Waals surface area contributed by atoms with E-state index >= 15 is 0 Å². The highest BCUT2D eigenvalue weighted by Gasteiger charge is 2.38. The number of alkyl halides is 3. The van der Waals surface area contributed by atoms with Crippen molar-refractivity contribution in [3.8, 4) is 28.6 Å². The van der Waals surface area contributed by atoms with E-state index in [0.29, 0.717) is 35.4 Å². The highest BCUT2D eigenvalue weighted by atomic mass is 19.4. The van der Waals surface area contributed by atoms with Crippen molar-refractivity contribution in [1.82, 2.24) is 20.2 Å². The first-order valence-electron chi connectivity index (χ1n) is 12.9. The maximum Gasteiger partial charge on any atom is 0.395 e. The van der Waals surface area contributed by atoms with Gasteiger partial charge < -0.3 is 14.8 Å². The Bertz CT molecular complexity index is 1710. The molecule has 2 N–H and O–H groups in total. The minimum atomic E-state index is -4.30. The highest BCUT2D eigenvalue weighted by molar-refractivity contribution is 5.86. The number of aromatic nitrogens is 4. The van der Waals surface area contributed by atoms with E-state index in [9.17, 15) is 13.2 Å². The van der Waals surface area contributed by atoms with Gasteiger partial charge in [0.1, 0.15) is 23.9 Å². The van der Waals surface area contributed by atoms with Crippen LogP contribution in [-0.4, -0.2) is 26.3 Å². The lowest BCUT2D eigenvalue weighted by Gasteiger charge is -2.19. The molecule has 10 heteroatoms. The largest absolute Gasteiger partial charge is 0.489 e. The Labute approximate surface area is 233 Å². The van der Waals surface area contributed by atoms with E-state index in [0.717, 1.165) is 28.1 Å². The molecule has 0 spiro atoms. The molecule has 0 amide bonds. The predicted octanol–water partition coefficient (Wildman–Crippen LogP) is 7.83. The number of benzene rings is 3. The van der Waals surface area contributed by atoms with Gasteiger partial charge in [0, 0.05) is 28.9 Å². The van der Waals surface area contributed by atoms with E-state index < -0.39 is 12.1 Å². The smallest absolute Gasteiger partial charge is 0.395 e. The van der Waals surface area contributed by atoms with E-state index in [-0.39, 0.29) is 12.4 Å². The number of halogens is 3. The van der Waals surface area contributed by atoms with Gasteiger partial charge in [-0.15, -0.1) is 5.10 Å².